The third kappa shape index (κ3) is 3.45. The summed E-state index contributed by atoms with van der Waals surface area (Å²) < 4.78 is 3.02. The van der Waals surface area contributed by atoms with Crippen molar-refractivity contribution in [2.75, 3.05) is 13.1 Å². The van der Waals surface area contributed by atoms with Gasteiger partial charge in [0.1, 0.15) is 0 Å². The molecule has 5 heteroatoms. The Bertz CT molecular complexity index is 604. The Hall–Kier alpha value is -1.37. The fraction of sp³-hybridized carbons (Fsp3) is 0.375. The van der Waals surface area contributed by atoms with E-state index in [4.69, 9.17) is 0 Å². The number of aromatic nitrogens is 2. The Balaban J connectivity index is 1.58. The molecule has 1 aliphatic rings. The Morgan fingerprint density at radius 3 is 2.67 bits per heavy atom. The van der Waals surface area contributed by atoms with Gasteiger partial charge in [0.2, 0.25) is 0 Å². The van der Waals surface area contributed by atoms with Gasteiger partial charge in [0.25, 0.3) is 5.91 Å². The predicted octanol–water partition coefficient (Wildman–Crippen LogP) is 3.04. The monoisotopic (exact) mass is 395 g/mol. The number of nitrogens with zero attached hydrogens (tertiary/aromatic N) is 3. The Kier molecular flexibility index (Phi) is 4.57. The first kappa shape index (κ1) is 14.6. The summed E-state index contributed by atoms with van der Waals surface area (Å²) in [5, 5.41) is 4.26. The second-order valence-electron chi connectivity index (χ2n) is 5.44. The van der Waals surface area contributed by atoms with Crippen LogP contribution in [0.2, 0.25) is 0 Å². The number of benzene rings is 1. The van der Waals surface area contributed by atoms with E-state index in [1.54, 1.807) is 0 Å². The maximum Gasteiger partial charge on any atom is 0.254 e. The Morgan fingerprint density at radius 2 is 2.00 bits per heavy atom. The van der Waals surface area contributed by atoms with Gasteiger partial charge in [-0.2, -0.15) is 5.10 Å². The van der Waals surface area contributed by atoms with Crippen LogP contribution in [0.1, 0.15) is 23.2 Å². The first-order valence-electron chi connectivity index (χ1n) is 7.25. The van der Waals surface area contributed by atoms with Gasteiger partial charge in [0, 0.05) is 35.6 Å². The van der Waals surface area contributed by atoms with E-state index in [-0.39, 0.29) is 5.91 Å². The van der Waals surface area contributed by atoms with Crippen molar-refractivity contribution in [3.8, 4) is 0 Å². The summed E-state index contributed by atoms with van der Waals surface area (Å²) in [4.78, 5) is 14.5. The molecule has 0 unspecified atom stereocenters. The number of piperidine rings is 1. The van der Waals surface area contributed by atoms with Crippen LogP contribution < -0.4 is 0 Å². The van der Waals surface area contributed by atoms with E-state index >= 15 is 0 Å². The molecule has 4 nitrogen and oxygen atoms in total. The summed E-state index contributed by atoms with van der Waals surface area (Å²) in [5.74, 6) is 0.779. The van der Waals surface area contributed by atoms with Gasteiger partial charge in [0.05, 0.1) is 5.56 Å². The molecule has 0 bridgehead atoms. The normalized spacial score (nSPS) is 16.1. The van der Waals surface area contributed by atoms with Crippen molar-refractivity contribution in [3.05, 3.63) is 51.9 Å². The molecule has 0 radical (unpaired) electrons. The third-order valence-electron chi connectivity index (χ3n) is 4.01. The van der Waals surface area contributed by atoms with Crippen molar-refractivity contribution in [2.45, 2.75) is 19.4 Å². The zero-order valence-electron chi connectivity index (χ0n) is 11.8. The molecule has 0 aliphatic carbocycles. The second kappa shape index (κ2) is 6.60. The van der Waals surface area contributed by atoms with Gasteiger partial charge in [-0.15, -0.1) is 0 Å². The zero-order chi connectivity index (χ0) is 14.7. The van der Waals surface area contributed by atoms with Crippen molar-refractivity contribution >= 4 is 28.5 Å². The Morgan fingerprint density at radius 1 is 1.24 bits per heavy atom. The number of hydrogen-bond donors (Lipinski definition) is 0. The van der Waals surface area contributed by atoms with E-state index in [1.165, 1.54) is 0 Å². The number of rotatable bonds is 3. The fourth-order valence-corrected chi connectivity index (χ4v) is 3.41. The van der Waals surface area contributed by atoms with Crippen molar-refractivity contribution in [1.29, 1.82) is 0 Å². The largest absolute Gasteiger partial charge is 0.339 e. The minimum atomic E-state index is 0.164. The standard InChI is InChI=1S/C16H18IN3O/c17-15-5-2-1-4-14(15)16(21)19-10-6-13(7-11-19)12-20-9-3-8-18-20/h1-5,8-9,13H,6-7,10-12H2. The molecule has 1 amide bonds. The fourth-order valence-electron chi connectivity index (χ4n) is 2.80. The van der Waals surface area contributed by atoms with Crippen LogP contribution in [0.25, 0.3) is 0 Å². The molecule has 0 saturated carbocycles. The molecule has 0 atom stereocenters. The number of amides is 1. The minimum absolute atomic E-state index is 0.164. The highest BCUT2D eigenvalue weighted by Crippen LogP contribution is 2.22. The first-order valence-corrected chi connectivity index (χ1v) is 8.33. The van der Waals surface area contributed by atoms with E-state index in [9.17, 15) is 4.79 Å². The lowest BCUT2D eigenvalue weighted by Gasteiger charge is -2.32. The van der Waals surface area contributed by atoms with Crippen LogP contribution in [0.4, 0.5) is 0 Å². The second-order valence-corrected chi connectivity index (χ2v) is 6.61. The smallest absolute Gasteiger partial charge is 0.254 e. The van der Waals surface area contributed by atoms with Crippen LogP contribution in [0.15, 0.2) is 42.7 Å². The number of carbonyl (C=O) groups is 1. The van der Waals surface area contributed by atoms with E-state index < -0.39 is 0 Å². The first-order chi connectivity index (χ1) is 10.2. The summed E-state index contributed by atoms with van der Waals surface area (Å²) in [6.07, 6.45) is 5.92. The molecule has 1 aliphatic heterocycles. The molecule has 1 aromatic heterocycles. The third-order valence-corrected chi connectivity index (χ3v) is 4.95. The van der Waals surface area contributed by atoms with Crippen molar-refractivity contribution in [1.82, 2.24) is 14.7 Å². The van der Waals surface area contributed by atoms with Crippen LogP contribution >= 0.6 is 22.6 Å². The highest BCUT2D eigenvalue weighted by molar-refractivity contribution is 14.1. The number of carbonyl (C=O) groups excluding carboxylic acids is 1. The molecule has 21 heavy (non-hydrogen) atoms. The summed E-state index contributed by atoms with van der Waals surface area (Å²) in [6, 6.07) is 9.75. The predicted molar refractivity (Wildman–Crippen MR) is 90.0 cm³/mol. The van der Waals surface area contributed by atoms with Gasteiger partial charge in [-0.25, -0.2) is 0 Å². The van der Waals surface area contributed by atoms with Gasteiger partial charge in [-0.3, -0.25) is 9.48 Å². The SMILES string of the molecule is O=C(c1ccccc1I)N1CCC(Cn2cccn2)CC1. The topological polar surface area (TPSA) is 38.1 Å². The summed E-state index contributed by atoms with van der Waals surface area (Å²) in [7, 11) is 0. The van der Waals surface area contributed by atoms with Gasteiger partial charge in [-0.05, 0) is 59.5 Å². The molecule has 1 fully saturated rings. The molecule has 1 saturated heterocycles. The van der Waals surface area contributed by atoms with E-state index in [0.717, 1.165) is 41.6 Å². The highest BCUT2D eigenvalue weighted by Gasteiger charge is 2.24. The van der Waals surface area contributed by atoms with Gasteiger partial charge < -0.3 is 4.90 Å². The summed E-state index contributed by atoms with van der Waals surface area (Å²) in [5.41, 5.74) is 0.823. The maximum atomic E-state index is 12.5. The van der Waals surface area contributed by atoms with Crippen molar-refractivity contribution in [2.24, 2.45) is 5.92 Å². The maximum absolute atomic E-state index is 12.5. The molecular formula is C16H18IN3O. The average molecular weight is 395 g/mol. The van der Waals surface area contributed by atoms with E-state index in [2.05, 4.69) is 27.7 Å². The number of halogens is 1. The molecule has 0 N–H and O–H groups in total. The van der Waals surface area contributed by atoms with Gasteiger partial charge in [0.15, 0.2) is 0 Å². The number of likely N-dealkylation sites (tertiary alicyclic amines) is 1. The lowest BCUT2D eigenvalue weighted by Crippen LogP contribution is -2.39. The van der Waals surface area contributed by atoms with Crippen LogP contribution in [-0.4, -0.2) is 33.7 Å². The summed E-state index contributed by atoms with van der Waals surface area (Å²) >= 11 is 2.23. The minimum Gasteiger partial charge on any atom is -0.339 e. The molecule has 2 aromatic rings. The van der Waals surface area contributed by atoms with Crippen molar-refractivity contribution < 1.29 is 4.79 Å². The van der Waals surface area contributed by atoms with Gasteiger partial charge >= 0.3 is 0 Å². The molecule has 0 spiro atoms. The lowest BCUT2D eigenvalue weighted by atomic mass is 9.96. The van der Waals surface area contributed by atoms with Crippen LogP contribution in [0.5, 0.6) is 0 Å². The highest BCUT2D eigenvalue weighted by atomic mass is 127. The van der Waals surface area contributed by atoms with E-state index in [1.807, 2.05) is 52.3 Å². The molecule has 110 valence electrons. The quantitative estimate of drug-likeness (QED) is 0.750. The van der Waals surface area contributed by atoms with Crippen LogP contribution in [-0.2, 0) is 6.54 Å². The van der Waals surface area contributed by atoms with Crippen molar-refractivity contribution in [3.63, 3.8) is 0 Å². The molecule has 3 rings (SSSR count). The van der Waals surface area contributed by atoms with Gasteiger partial charge in [-0.1, -0.05) is 12.1 Å². The molecule has 1 aromatic carbocycles. The van der Waals surface area contributed by atoms with Crippen LogP contribution in [0, 0.1) is 9.49 Å². The Labute approximate surface area is 138 Å². The number of hydrogen-bond acceptors (Lipinski definition) is 2. The lowest BCUT2D eigenvalue weighted by molar-refractivity contribution is 0.0680. The summed E-state index contributed by atoms with van der Waals surface area (Å²) in [6.45, 7) is 2.64. The average Bonchev–Trinajstić information content (AvgIpc) is 3.01. The molecule has 2 heterocycles. The molecular weight excluding hydrogens is 377 g/mol. The zero-order valence-corrected chi connectivity index (χ0v) is 13.9. The van der Waals surface area contributed by atoms with Crippen LogP contribution in [0.3, 0.4) is 0 Å². The van der Waals surface area contributed by atoms with E-state index in [0.29, 0.717) is 5.92 Å².